The van der Waals surface area contributed by atoms with Gasteiger partial charge in [0.15, 0.2) is 0 Å². The van der Waals surface area contributed by atoms with Gasteiger partial charge in [0.05, 0.1) is 11.5 Å². The number of aliphatic hydroxyl groups is 1. The van der Waals surface area contributed by atoms with Gasteiger partial charge in [0.25, 0.3) is 0 Å². The molecule has 5 nitrogen and oxygen atoms in total. The van der Waals surface area contributed by atoms with Crippen LogP contribution >= 0.6 is 0 Å². The minimum Gasteiger partial charge on any atom is -0.395 e. The molecule has 0 radical (unpaired) electrons. The highest BCUT2D eigenvalue weighted by atomic mass is 19.1. The van der Waals surface area contributed by atoms with Gasteiger partial charge in [-0.3, -0.25) is 15.0 Å². The Morgan fingerprint density at radius 2 is 2.10 bits per heavy atom. The van der Waals surface area contributed by atoms with Gasteiger partial charge in [-0.1, -0.05) is 25.0 Å². The summed E-state index contributed by atoms with van der Waals surface area (Å²) in [5.74, 6) is -0.765. The summed E-state index contributed by atoms with van der Waals surface area (Å²) >= 11 is 0. The molecule has 2 rings (SSSR count). The average Bonchev–Trinajstić information content (AvgIpc) is 2.94. The monoisotopic (exact) mass is 282 g/mol. The van der Waals surface area contributed by atoms with Gasteiger partial charge in [-0.15, -0.1) is 0 Å². The number of hydrogen-bond donors (Lipinski definition) is 1. The fourth-order valence-corrected chi connectivity index (χ4v) is 2.84. The number of nitrogens with zero attached hydrogens (tertiary/aromatic N) is 2. The van der Waals surface area contributed by atoms with Crippen molar-refractivity contribution in [1.82, 2.24) is 4.90 Å². The molecule has 0 bridgehead atoms. The highest BCUT2D eigenvalue weighted by Gasteiger charge is 2.25. The molecule has 1 saturated carbocycles. The molecule has 1 aliphatic carbocycles. The number of benzene rings is 1. The van der Waals surface area contributed by atoms with Gasteiger partial charge in [-0.05, 0) is 12.8 Å². The van der Waals surface area contributed by atoms with Crippen LogP contribution in [-0.2, 0) is 6.54 Å². The van der Waals surface area contributed by atoms with Crippen molar-refractivity contribution < 1.29 is 14.4 Å². The summed E-state index contributed by atoms with van der Waals surface area (Å²) in [6.45, 7) is 0.776. The van der Waals surface area contributed by atoms with E-state index in [1.54, 1.807) is 6.07 Å². The number of nitro benzene ring substituents is 1. The van der Waals surface area contributed by atoms with Crippen molar-refractivity contribution in [3.05, 3.63) is 39.7 Å². The SMILES string of the molecule is O=[N+]([O-])c1cccc(CN(CCO)C2CCCC2)c1F. The van der Waals surface area contributed by atoms with Crippen LogP contribution in [0.4, 0.5) is 10.1 Å². The Kier molecular flexibility index (Phi) is 5.03. The zero-order valence-corrected chi connectivity index (χ0v) is 11.3. The van der Waals surface area contributed by atoms with Crippen molar-refractivity contribution in [3.63, 3.8) is 0 Å². The molecule has 0 spiro atoms. The van der Waals surface area contributed by atoms with Crippen LogP contribution < -0.4 is 0 Å². The molecule has 20 heavy (non-hydrogen) atoms. The molecule has 0 heterocycles. The Bertz CT molecular complexity index is 475. The van der Waals surface area contributed by atoms with E-state index in [1.165, 1.54) is 12.1 Å². The van der Waals surface area contributed by atoms with Gasteiger partial charge < -0.3 is 5.11 Å². The second kappa shape index (κ2) is 6.76. The number of nitro groups is 1. The van der Waals surface area contributed by atoms with Crippen LogP contribution in [-0.4, -0.2) is 34.1 Å². The first-order valence-electron chi connectivity index (χ1n) is 6.90. The quantitative estimate of drug-likeness (QED) is 0.643. The summed E-state index contributed by atoms with van der Waals surface area (Å²) < 4.78 is 14.1. The van der Waals surface area contributed by atoms with Crippen LogP contribution in [0.15, 0.2) is 18.2 Å². The Hall–Kier alpha value is -1.53. The predicted octanol–water partition coefficient (Wildman–Crippen LogP) is 2.47. The normalized spacial score (nSPS) is 15.9. The second-order valence-corrected chi connectivity index (χ2v) is 5.14. The van der Waals surface area contributed by atoms with Crippen LogP contribution in [0.2, 0.25) is 0 Å². The Balaban J connectivity index is 2.17. The maximum atomic E-state index is 14.1. The van der Waals surface area contributed by atoms with E-state index in [0.29, 0.717) is 24.7 Å². The van der Waals surface area contributed by atoms with Crippen LogP contribution in [0, 0.1) is 15.9 Å². The molecular formula is C14H19FN2O3. The minimum atomic E-state index is -0.765. The lowest BCUT2D eigenvalue weighted by Gasteiger charge is -2.28. The molecule has 0 saturated heterocycles. The molecule has 1 N–H and O–H groups in total. The third-order valence-corrected chi connectivity index (χ3v) is 3.86. The van der Waals surface area contributed by atoms with Crippen LogP contribution in [0.3, 0.4) is 0 Å². The Morgan fingerprint density at radius 1 is 1.40 bits per heavy atom. The van der Waals surface area contributed by atoms with Crippen LogP contribution in [0.25, 0.3) is 0 Å². The predicted molar refractivity (Wildman–Crippen MR) is 72.8 cm³/mol. The van der Waals surface area contributed by atoms with E-state index < -0.39 is 16.4 Å². The van der Waals surface area contributed by atoms with E-state index in [1.807, 2.05) is 4.90 Å². The van der Waals surface area contributed by atoms with Crippen molar-refractivity contribution in [2.45, 2.75) is 38.3 Å². The van der Waals surface area contributed by atoms with E-state index in [9.17, 15) is 14.5 Å². The lowest BCUT2D eigenvalue weighted by molar-refractivity contribution is -0.387. The van der Waals surface area contributed by atoms with Gasteiger partial charge in [-0.25, -0.2) is 0 Å². The lowest BCUT2D eigenvalue weighted by Crippen LogP contribution is -2.35. The first kappa shape index (κ1) is 14.9. The third kappa shape index (κ3) is 3.32. The first-order valence-corrected chi connectivity index (χ1v) is 6.90. The van der Waals surface area contributed by atoms with Crippen molar-refractivity contribution in [1.29, 1.82) is 0 Å². The van der Waals surface area contributed by atoms with Crippen molar-refractivity contribution in [3.8, 4) is 0 Å². The maximum absolute atomic E-state index is 14.1. The van der Waals surface area contributed by atoms with Gasteiger partial charge in [0.1, 0.15) is 0 Å². The highest BCUT2D eigenvalue weighted by Crippen LogP contribution is 2.27. The molecule has 1 aromatic rings. The van der Waals surface area contributed by atoms with Gasteiger partial charge in [0.2, 0.25) is 5.82 Å². The lowest BCUT2D eigenvalue weighted by atomic mass is 10.1. The Labute approximate surface area is 117 Å². The summed E-state index contributed by atoms with van der Waals surface area (Å²) in [7, 11) is 0. The molecule has 0 aliphatic heterocycles. The zero-order valence-electron chi connectivity index (χ0n) is 11.3. The van der Waals surface area contributed by atoms with Crippen molar-refractivity contribution in [2.24, 2.45) is 0 Å². The smallest absolute Gasteiger partial charge is 0.305 e. The molecule has 1 fully saturated rings. The average molecular weight is 282 g/mol. The fourth-order valence-electron chi connectivity index (χ4n) is 2.84. The maximum Gasteiger partial charge on any atom is 0.305 e. The molecule has 110 valence electrons. The largest absolute Gasteiger partial charge is 0.395 e. The number of aliphatic hydroxyl groups excluding tert-OH is 1. The summed E-state index contributed by atoms with van der Waals surface area (Å²) in [6, 6.07) is 4.58. The minimum absolute atomic E-state index is 0.00699. The van der Waals surface area contributed by atoms with Gasteiger partial charge in [0, 0.05) is 30.8 Å². The van der Waals surface area contributed by atoms with Crippen molar-refractivity contribution in [2.75, 3.05) is 13.2 Å². The molecule has 0 atom stereocenters. The van der Waals surface area contributed by atoms with E-state index in [0.717, 1.165) is 25.7 Å². The molecule has 1 aromatic carbocycles. The van der Waals surface area contributed by atoms with Crippen LogP contribution in [0.5, 0.6) is 0 Å². The molecule has 0 unspecified atom stereocenters. The second-order valence-electron chi connectivity index (χ2n) is 5.14. The van der Waals surface area contributed by atoms with Gasteiger partial charge >= 0.3 is 5.69 Å². The summed E-state index contributed by atoms with van der Waals surface area (Å²) in [6.07, 6.45) is 4.36. The topological polar surface area (TPSA) is 66.6 Å². The summed E-state index contributed by atoms with van der Waals surface area (Å²) in [5, 5.41) is 19.9. The van der Waals surface area contributed by atoms with Crippen molar-refractivity contribution >= 4 is 5.69 Å². The Morgan fingerprint density at radius 3 is 2.70 bits per heavy atom. The van der Waals surface area contributed by atoms with Gasteiger partial charge in [-0.2, -0.15) is 4.39 Å². The molecule has 1 aliphatic rings. The molecule has 6 heteroatoms. The van der Waals surface area contributed by atoms with E-state index in [2.05, 4.69) is 0 Å². The summed E-state index contributed by atoms with van der Waals surface area (Å²) in [5.41, 5.74) is -0.169. The number of rotatable bonds is 6. The van der Waals surface area contributed by atoms with E-state index in [-0.39, 0.29) is 6.61 Å². The molecular weight excluding hydrogens is 263 g/mol. The molecule has 0 aromatic heterocycles. The first-order chi connectivity index (χ1) is 9.63. The zero-order chi connectivity index (χ0) is 14.5. The molecule has 0 amide bonds. The third-order valence-electron chi connectivity index (χ3n) is 3.86. The standard InChI is InChI=1S/C14H19FN2O3/c15-14-11(4-3-7-13(14)17(19)20)10-16(8-9-18)12-5-1-2-6-12/h3-4,7,12,18H,1-2,5-6,8-10H2. The fraction of sp³-hybridized carbons (Fsp3) is 0.571. The highest BCUT2D eigenvalue weighted by molar-refractivity contribution is 5.36. The van der Waals surface area contributed by atoms with Crippen LogP contribution in [0.1, 0.15) is 31.2 Å². The number of hydrogen-bond acceptors (Lipinski definition) is 4. The van der Waals surface area contributed by atoms with E-state index in [4.69, 9.17) is 5.11 Å². The van der Waals surface area contributed by atoms with E-state index >= 15 is 0 Å². The summed E-state index contributed by atoms with van der Waals surface area (Å²) in [4.78, 5) is 12.1. The number of halogens is 1.